The normalized spacial score (nSPS) is 17.6. The monoisotopic (exact) mass is 789 g/mol. The van der Waals surface area contributed by atoms with Gasteiger partial charge in [0.25, 0.3) is 0 Å². The maximum atomic E-state index is 15.4. The highest BCUT2D eigenvalue weighted by Crippen LogP contribution is 2.39. The lowest BCUT2D eigenvalue weighted by atomic mass is 9.90. The van der Waals surface area contributed by atoms with Crippen LogP contribution in [0.15, 0.2) is 66.9 Å². The second kappa shape index (κ2) is 16.9. The van der Waals surface area contributed by atoms with Gasteiger partial charge in [-0.1, -0.05) is 48.0 Å². The van der Waals surface area contributed by atoms with Gasteiger partial charge in [-0.05, 0) is 79.6 Å². The van der Waals surface area contributed by atoms with E-state index in [1.54, 1.807) is 18.2 Å². The fourth-order valence-corrected chi connectivity index (χ4v) is 8.55. The fraction of sp³-hybridized carbons (Fsp3) is 0.385. The molecule has 2 amide bonds. The number of imide groups is 1. The van der Waals surface area contributed by atoms with Gasteiger partial charge in [-0.15, -0.1) is 0 Å². The molecule has 1 atom stereocenters. The largest absolute Gasteiger partial charge is 0.369 e. The lowest BCUT2D eigenvalue weighted by Crippen LogP contribution is -2.44. The summed E-state index contributed by atoms with van der Waals surface area (Å²) in [5, 5.41) is 16.0. The SMILES string of the molecule is CS(=O)(=O)N1CCc2cccc(Nc3nc(Nc4ccc(N5CCC(NCCNCCc6ccc(C7CCC(=O)NC7=O)cc6)CC5)c(F)c4)ncc3Cl)c21. The van der Waals surface area contributed by atoms with Gasteiger partial charge in [0.1, 0.15) is 10.8 Å². The standard InChI is InChI=1S/C39H45ClFN9O4S/c1-55(53,54)50-22-14-27-3-2-4-33(36(27)50)46-37-31(40)24-44-39(48-37)45-29-9-11-34(32(41)23-29)49-20-15-28(16-21-49)43-19-18-42-17-13-25-5-7-26(8-6-25)30-10-12-35(51)47-38(30)52/h2-9,11,23-24,28,30,42-43H,10,12-22H2,1H3,(H,47,51,52)(H2,44,45,46,48). The summed E-state index contributed by atoms with van der Waals surface area (Å²) in [7, 11) is -3.47. The number of para-hydroxylation sites is 1. The Morgan fingerprint density at radius 3 is 2.49 bits per heavy atom. The van der Waals surface area contributed by atoms with Crippen molar-refractivity contribution in [3.63, 3.8) is 0 Å². The van der Waals surface area contributed by atoms with Crippen molar-refractivity contribution in [3.05, 3.63) is 94.4 Å². The van der Waals surface area contributed by atoms with Crippen molar-refractivity contribution in [2.75, 3.05) is 65.4 Å². The molecule has 290 valence electrons. The Bertz CT molecular complexity index is 2150. The Labute approximate surface area is 325 Å². The van der Waals surface area contributed by atoms with E-state index in [1.807, 2.05) is 24.3 Å². The van der Waals surface area contributed by atoms with Crippen LogP contribution in [-0.2, 0) is 32.5 Å². The summed E-state index contributed by atoms with van der Waals surface area (Å²) in [4.78, 5) is 34.4. The number of fused-ring (bicyclic) bond motifs is 1. The zero-order valence-corrected chi connectivity index (χ0v) is 32.1. The van der Waals surface area contributed by atoms with Crippen molar-refractivity contribution in [2.45, 2.75) is 50.5 Å². The zero-order chi connectivity index (χ0) is 38.5. The van der Waals surface area contributed by atoms with Crippen LogP contribution in [0.5, 0.6) is 0 Å². The second-order valence-electron chi connectivity index (χ2n) is 14.2. The minimum absolute atomic E-state index is 0.200. The molecule has 5 N–H and O–H groups in total. The Morgan fingerprint density at radius 1 is 0.945 bits per heavy atom. The van der Waals surface area contributed by atoms with E-state index in [0.717, 1.165) is 63.1 Å². The molecule has 0 saturated carbocycles. The van der Waals surface area contributed by atoms with E-state index in [2.05, 4.69) is 53.6 Å². The molecule has 0 radical (unpaired) electrons. The highest BCUT2D eigenvalue weighted by Gasteiger charge is 2.30. The van der Waals surface area contributed by atoms with Crippen LogP contribution in [0.3, 0.4) is 0 Å². The van der Waals surface area contributed by atoms with Crippen molar-refractivity contribution < 1.29 is 22.4 Å². The molecule has 16 heteroatoms. The van der Waals surface area contributed by atoms with E-state index in [-0.39, 0.29) is 40.3 Å². The Morgan fingerprint density at radius 2 is 1.75 bits per heavy atom. The lowest BCUT2D eigenvalue weighted by molar-refractivity contribution is -0.134. The van der Waals surface area contributed by atoms with Crippen LogP contribution < -0.4 is 35.8 Å². The molecule has 0 spiro atoms. The van der Waals surface area contributed by atoms with E-state index < -0.39 is 10.0 Å². The quantitative estimate of drug-likeness (QED) is 0.0866. The number of nitrogens with one attached hydrogen (secondary N) is 5. The Hall–Kier alpha value is -4.83. The van der Waals surface area contributed by atoms with E-state index in [0.29, 0.717) is 54.6 Å². The highest BCUT2D eigenvalue weighted by atomic mass is 35.5. The number of carbonyl (C=O) groups excluding carboxylic acids is 2. The first-order chi connectivity index (χ1) is 26.5. The minimum atomic E-state index is -3.47. The topological polar surface area (TPSA) is 161 Å². The number of sulfonamides is 1. The predicted octanol–water partition coefficient (Wildman–Crippen LogP) is 4.99. The summed E-state index contributed by atoms with van der Waals surface area (Å²) in [6.45, 7) is 4.35. The number of rotatable bonds is 14. The maximum Gasteiger partial charge on any atom is 0.234 e. The number of nitrogens with zero attached hydrogens (tertiary/aromatic N) is 4. The number of carbonyl (C=O) groups is 2. The number of hydrogen-bond acceptors (Lipinski definition) is 11. The van der Waals surface area contributed by atoms with Crippen LogP contribution in [0.25, 0.3) is 0 Å². The summed E-state index contributed by atoms with van der Waals surface area (Å²) in [6, 6.07) is 19.0. The Balaban J connectivity index is 0.844. The number of amides is 2. The van der Waals surface area contributed by atoms with E-state index in [4.69, 9.17) is 11.6 Å². The Kier molecular flexibility index (Phi) is 11.8. The molecule has 13 nitrogen and oxygen atoms in total. The second-order valence-corrected chi connectivity index (χ2v) is 16.5. The van der Waals surface area contributed by atoms with Gasteiger partial charge in [0.05, 0.1) is 35.4 Å². The molecule has 55 heavy (non-hydrogen) atoms. The molecule has 4 heterocycles. The number of benzene rings is 3. The summed E-state index contributed by atoms with van der Waals surface area (Å²) >= 11 is 6.43. The molecule has 7 rings (SSSR count). The number of piperidine rings is 2. The van der Waals surface area contributed by atoms with Gasteiger partial charge in [0.2, 0.25) is 27.8 Å². The first-order valence-corrected chi connectivity index (χ1v) is 20.8. The van der Waals surface area contributed by atoms with Crippen molar-refractivity contribution in [1.29, 1.82) is 0 Å². The molecule has 2 fully saturated rings. The number of anilines is 6. The van der Waals surface area contributed by atoms with Crippen molar-refractivity contribution in [2.24, 2.45) is 0 Å². The number of halogens is 2. The molecule has 3 aromatic carbocycles. The van der Waals surface area contributed by atoms with Crippen molar-refractivity contribution in [1.82, 2.24) is 25.9 Å². The number of hydrogen-bond donors (Lipinski definition) is 5. The summed E-state index contributed by atoms with van der Waals surface area (Å²) < 4.78 is 41.7. The summed E-state index contributed by atoms with van der Waals surface area (Å²) in [6.07, 6.45) is 6.84. The van der Waals surface area contributed by atoms with E-state index in [9.17, 15) is 18.0 Å². The third kappa shape index (κ3) is 9.35. The van der Waals surface area contributed by atoms with Gasteiger partial charge in [0.15, 0.2) is 5.82 Å². The van der Waals surface area contributed by atoms with Gasteiger partial charge in [-0.25, -0.2) is 17.8 Å². The average Bonchev–Trinajstić information content (AvgIpc) is 3.62. The van der Waals surface area contributed by atoms with Crippen LogP contribution in [0.4, 0.5) is 38.9 Å². The van der Waals surface area contributed by atoms with Gasteiger partial charge in [0, 0.05) is 50.9 Å². The molecule has 0 aliphatic carbocycles. The van der Waals surface area contributed by atoms with Gasteiger partial charge in [-0.3, -0.25) is 19.2 Å². The molecule has 4 aromatic rings. The molecular formula is C39H45ClFN9O4S. The molecule has 1 aromatic heterocycles. The van der Waals surface area contributed by atoms with Crippen LogP contribution in [0.1, 0.15) is 48.3 Å². The van der Waals surface area contributed by atoms with Crippen LogP contribution in [0.2, 0.25) is 5.02 Å². The average molecular weight is 790 g/mol. The van der Waals surface area contributed by atoms with Gasteiger partial charge in [-0.2, -0.15) is 4.98 Å². The molecule has 1 unspecified atom stereocenters. The smallest absolute Gasteiger partial charge is 0.234 e. The lowest BCUT2D eigenvalue weighted by Gasteiger charge is -2.34. The van der Waals surface area contributed by atoms with Crippen molar-refractivity contribution >= 4 is 68.0 Å². The molecule has 3 aliphatic heterocycles. The first-order valence-electron chi connectivity index (χ1n) is 18.6. The van der Waals surface area contributed by atoms with E-state index in [1.165, 1.54) is 28.4 Å². The van der Waals surface area contributed by atoms with Crippen LogP contribution >= 0.6 is 11.6 Å². The van der Waals surface area contributed by atoms with E-state index >= 15 is 4.39 Å². The van der Waals surface area contributed by atoms with Crippen LogP contribution in [-0.4, -0.2) is 81.8 Å². The third-order valence-corrected chi connectivity index (χ3v) is 11.8. The fourth-order valence-electron chi connectivity index (χ4n) is 7.44. The summed E-state index contributed by atoms with van der Waals surface area (Å²) in [5.74, 6) is -0.534. The number of aromatic nitrogens is 2. The molecule has 3 aliphatic rings. The molecular weight excluding hydrogens is 745 g/mol. The first kappa shape index (κ1) is 38.4. The third-order valence-electron chi connectivity index (χ3n) is 10.3. The van der Waals surface area contributed by atoms with Gasteiger partial charge < -0.3 is 26.2 Å². The minimum Gasteiger partial charge on any atom is -0.369 e. The highest BCUT2D eigenvalue weighted by molar-refractivity contribution is 7.92. The van der Waals surface area contributed by atoms with Crippen LogP contribution in [0, 0.1) is 5.82 Å². The predicted molar refractivity (Wildman–Crippen MR) is 214 cm³/mol. The molecule has 0 bridgehead atoms. The van der Waals surface area contributed by atoms with Crippen molar-refractivity contribution in [3.8, 4) is 0 Å². The zero-order valence-electron chi connectivity index (χ0n) is 30.6. The maximum absolute atomic E-state index is 15.4. The molecule has 2 saturated heterocycles. The summed E-state index contributed by atoms with van der Waals surface area (Å²) in [5.41, 5.74) is 5.20. The van der Waals surface area contributed by atoms with Gasteiger partial charge >= 0.3 is 0 Å².